The van der Waals surface area contributed by atoms with Crippen LogP contribution in [0.1, 0.15) is 42.0 Å². The summed E-state index contributed by atoms with van der Waals surface area (Å²) in [6, 6.07) is 7.70. The summed E-state index contributed by atoms with van der Waals surface area (Å²) in [6.45, 7) is 1.65. The van der Waals surface area contributed by atoms with Gasteiger partial charge in [0.2, 0.25) is 5.91 Å². The van der Waals surface area contributed by atoms with Gasteiger partial charge in [-0.2, -0.15) is 13.2 Å². The van der Waals surface area contributed by atoms with Crippen molar-refractivity contribution in [1.82, 2.24) is 5.32 Å². The summed E-state index contributed by atoms with van der Waals surface area (Å²) in [5.41, 5.74) is 0.387. The Morgan fingerprint density at radius 2 is 1.73 bits per heavy atom. The Morgan fingerprint density at radius 1 is 1.08 bits per heavy atom. The highest BCUT2D eigenvalue weighted by atomic mass is 19.4. The van der Waals surface area contributed by atoms with Crippen molar-refractivity contribution in [1.29, 1.82) is 0 Å². The molecular formula is C19H16F5NO. The van der Waals surface area contributed by atoms with Crippen LogP contribution < -0.4 is 5.32 Å². The second kappa shape index (κ2) is 6.70. The number of hydrogen-bond acceptors (Lipinski definition) is 1. The number of carbonyl (C=O) groups excluding carboxylic acids is 1. The maximum absolute atomic E-state index is 13.3. The third-order valence-electron chi connectivity index (χ3n) is 4.60. The van der Waals surface area contributed by atoms with Crippen molar-refractivity contribution >= 4 is 5.91 Å². The fourth-order valence-corrected chi connectivity index (χ4v) is 2.96. The summed E-state index contributed by atoms with van der Waals surface area (Å²) in [5, 5.41) is 2.73. The second-order valence-electron chi connectivity index (χ2n) is 6.47. The fourth-order valence-electron chi connectivity index (χ4n) is 2.96. The second-order valence-corrected chi connectivity index (χ2v) is 6.47. The van der Waals surface area contributed by atoms with Crippen molar-refractivity contribution in [3.05, 3.63) is 70.8 Å². The number of rotatable bonds is 4. The van der Waals surface area contributed by atoms with Crippen LogP contribution in [-0.2, 0) is 11.0 Å². The zero-order valence-electron chi connectivity index (χ0n) is 13.8. The van der Waals surface area contributed by atoms with Crippen LogP contribution in [0.3, 0.4) is 0 Å². The molecule has 0 aromatic heterocycles. The molecule has 138 valence electrons. The molecule has 0 radical (unpaired) electrons. The van der Waals surface area contributed by atoms with Crippen LogP contribution in [0.2, 0.25) is 0 Å². The molecule has 0 bridgehead atoms. The molecule has 1 aliphatic carbocycles. The van der Waals surface area contributed by atoms with Crippen molar-refractivity contribution in [2.24, 2.45) is 5.92 Å². The van der Waals surface area contributed by atoms with E-state index in [9.17, 15) is 26.7 Å². The van der Waals surface area contributed by atoms with Gasteiger partial charge < -0.3 is 5.32 Å². The summed E-state index contributed by atoms with van der Waals surface area (Å²) >= 11 is 0. The molecular weight excluding hydrogens is 353 g/mol. The molecule has 0 spiro atoms. The number of amides is 1. The van der Waals surface area contributed by atoms with E-state index in [0.717, 1.165) is 24.3 Å². The van der Waals surface area contributed by atoms with Crippen molar-refractivity contribution in [2.45, 2.75) is 31.5 Å². The average molecular weight is 369 g/mol. The minimum atomic E-state index is -4.39. The molecule has 1 saturated carbocycles. The molecule has 7 heteroatoms. The normalized spacial score (nSPS) is 20.5. The van der Waals surface area contributed by atoms with E-state index in [-0.39, 0.29) is 17.7 Å². The first-order valence-electron chi connectivity index (χ1n) is 8.09. The van der Waals surface area contributed by atoms with Gasteiger partial charge in [-0.1, -0.05) is 18.2 Å². The number of nitrogens with one attached hydrogen (secondary N) is 1. The van der Waals surface area contributed by atoms with Gasteiger partial charge in [0.05, 0.1) is 11.6 Å². The lowest BCUT2D eigenvalue weighted by molar-refractivity contribution is -0.137. The maximum Gasteiger partial charge on any atom is 0.416 e. The minimum absolute atomic E-state index is 0.130. The average Bonchev–Trinajstić information content (AvgIpc) is 3.37. The van der Waals surface area contributed by atoms with Gasteiger partial charge in [-0.3, -0.25) is 4.79 Å². The lowest BCUT2D eigenvalue weighted by Gasteiger charge is -2.15. The Morgan fingerprint density at radius 3 is 2.31 bits per heavy atom. The molecule has 1 fully saturated rings. The highest BCUT2D eigenvalue weighted by Gasteiger charge is 2.44. The Hall–Kier alpha value is -2.44. The van der Waals surface area contributed by atoms with E-state index in [1.165, 1.54) is 18.2 Å². The van der Waals surface area contributed by atoms with Gasteiger partial charge in [-0.05, 0) is 54.7 Å². The zero-order chi connectivity index (χ0) is 19.1. The molecule has 1 N–H and O–H groups in total. The number of benzene rings is 2. The Labute approximate surface area is 147 Å². The van der Waals surface area contributed by atoms with Crippen molar-refractivity contribution in [2.75, 3.05) is 0 Å². The fraction of sp³-hybridized carbons (Fsp3) is 0.316. The smallest absolute Gasteiger partial charge is 0.349 e. The van der Waals surface area contributed by atoms with Crippen LogP contribution in [0.5, 0.6) is 0 Å². The van der Waals surface area contributed by atoms with E-state index in [2.05, 4.69) is 5.32 Å². The maximum atomic E-state index is 13.3. The van der Waals surface area contributed by atoms with Gasteiger partial charge in [-0.15, -0.1) is 0 Å². The summed E-state index contributed by atoms with van der Waals surface area (Å²) in [4.78, 5) is 12.3. The highest BCUT2D eigenvalue weighted by molar-refractivity contribution is 5.83. The van der Waals surface area contributed by atoms with Crippen molar-refractivity contribution in [3.63, 3.8) is 0 Å². The van der Waals surface area contributed by atoms with E-state index in [1.807, 2.05) is 0 Å². The van der Waals surface area contributed by atoms with Crippen LogP contribution in [0, 0.1) is 17.6 Å². The van der Waals surface area contributed by atoms with Crippen LogP contribution in [0.4, 0.5) is 22.0 Å². The lowest BCUT2D eigenvalue weighted by Crippen LogP contribution is -2.28. The third kappa shape index (κ3) is 3.86. The molecule has 2 nitrogen and oxygen atoms in total. The summed E-state index contributed by atoms with van der Waals surface area (Å²) in [7, 11) is 0. The van der Waals surface area contributed by atoms with E-state index < -0.39 is 29.4 Å². The quantitative estimate of drug-likeness (QED) is 0.758. The number of halogens is 5. The molecule has 1 amide bonds. The molecule has 0 aliphatic heterocycles. The SMILES string of the molecule is CC(NC(=O)C1CC1c1ccc(C(F)(F)F)cc1)c1ccc(F)c(F)c1. The molecule has 0 saturated heterocycles. The number of carbonyl (C=O) groups is 1. The molecule has 1 aliphatic rings. The summed E-state index contributed by atoms with van der Waals surface area (Å²) in [5.74, 6) is -2.67. The van der Waals surface area contributed by atoms with Gasteiger partial charge in [-0.25, -0.2) is 8.78 Å². The topological polar surface area (TPSA) is 29.1 Å². The monoisotopic (exact) mass is 369 g/mol. The first kappa shape index (κ1) is 18.4. The number of hydrogen-bond donors (Lipinski definition) is 1. The summed E-state index contributed by atoms with van der Waals surface area (Å²) in [6.07, 6.45) is -3.85. The van der Waals surface area contributed by atoms with Gasteiger partial charge in [0.15, 0.2) is 11.6 Å². The minimum Gasteiger partial charge on any atom is -0.349 e. The molecule has 2 aromatic carbocycles. The van der Waals surface area contributed by atoms with E-state index in [0.29, 0.717) is 17.5 Å². The Balaban J connectivity index is 1.61. The van der Waals surface area contributed by atoms with Gasteiger partial charge in [0.25, 0.3) is 0 Å². The molecule has 3 atom stereocenters. The van der Waals surface area contributed by atoms with Gasteiger partial charge in [0, 0.05) is 5.92 Å². The predicted molar refractivity (Wildman–Crippen MR) is 85.2 cm³/mol. The number of alkyl halides is 3. The lowest BCUT2D eigenvalue weighted by atomic mass is 10.1. The summed E-state index contributed by atoms with van der Waals surface area (Å²) < 4.78 is 64.0. The largest absolute Gasteiger partial charge is 0.416 e. The predicted octanol–water partition coefficient (Wildman–Crippen LogP) is 4.96. The van der Waals surface area contributed by atoms with Gasteiger partial charge >= 0.3 is 6.18 Å². The zero-order valence-corrected chi connectivity index (χ0v) is 13.8. The first-order valence-corrected chi connectivity index (χ1v) is 8.09. The molecule has 3 rings (SSSR count). The van der Waals surface area contributed by atoms with Crippen LogP contribution in [0.25, 0.3) is 0 Å². The van der Waals surface area contributed by atoms with Crippen LogP contribution >= 0.6 is 0 Å². The van der Waals surface area contributed by atoms with E-state index in [1.54, 1.807) is 6.92 Å². The van der Waals surface area contributed by atoms with Crippen LogP contribution in [-0.4, -0.2) is 5.91 Å². The first-order chi connectivity index (χ1) is 12.2. The molecule has 3 unspecified atom stereocenters. The highest BCUT2D eigenvalue weighted by Crippen LogP contribution is 2.48. The van der Waals surface area contributed by atoms with E-state index in [4.69, 9.17) is 0 Å². The third-order valence-corrected chi connectivity index (χ3v) is 4.60. The Kier molecular flexibility index (Phi) is 4.73. The van der Waals surface area contributed by atoms with E-state index >= 15 is 0 Å². The Bertz CT molecular complexity index is 816. The van der Waals surface area contributed by atoms with Crippen LogP contribution in [0.15, 0.2) is 42.5 Å². The molecule has 26 heavy (non-hydrogen) atoms. The standard InChI is InChI=1S/C19H16F5NO/c1-10(12-4-7-16(20)17(21)8-12)25-18(26)15-9-14(15)11-2-5-13(6-3-11)19(22,23)24/h2-8,10,14-15H,9H2,1H3,(H,25,26). The molecule has 0 heterocycles. The van der Waals surface area contributed by atoms with Crippen molar-refractivity contribution < 1.29 is 26.7 Å². The van der Waals surface area contributed by atoms with Crippen molar-refractivity contribution in [3.8, 4) is 0 Å². The van der Waals surface area contributed by atoms with Gasteiger partial charge in [0.1, 0.15) is 0 Å². The molecule has 2 aromatic rings.